The highest BCUT2D eigenvalue weighted by Crippen LogP contribution is 2.37. The van der Waals surface area contributed by atoms with Gasteiger partial charge in [0.1, 0.15) is 12.3 Å². The van der Waals surface area contributed by atoms with Gasteiger partial charge in [-0.3, -0.25) is 14.4 Å². The van der Waals surface area contributed by atoms with Crippen molar-refractivity contribution in [3.8, 4) is 5.75 Å². The fraction of sp³-hybridized carbons (Fsp3) is 0.353. The molecule has 0 fully saturated rings. The fourth-order valence-electron chi connectivity index (χ4n) is 2.64. The van der Waals surface area contributed by atoms with Gasteiger partial charge in [-0.1, -0.05) is 12.1 Å². The molecule has 0 unspecified atom stereocenters. The van der Waals surface area contributed by atoms with Crippen molar-refractivity contribution in [2.45, 2.75) is 19.9 Å². The highest BCUT2D eigenvalue weighted by Gasteiger charge is 2.43. The quantitative estimate of drug-likeness (QED) is 0.794. The van der Waals surface area contributed by atoms with Gasteiger partial charge >= 0.3 is 5.97 Å². The number of benzene rings is 1. The van der Waals surface area contributed by atoms with Crippen molar-refractivity contribution in [2.24, 2.45) is 0 Å². The number of aliphatic hydroxyl groups is 1. The Morgan fingerprint density at radius 3 is 2.38 bits per heavy atom. The number of carbonyl (C=O) groups is 3. The fourth-order valence-corrected chi connectivity index (χ4v) is 2.64. The number of aliphatic hydroxyl groups excluding tert-OH is 1. The Bertz CT molecular complexity index is 692. The molecule has 7 nitrogen and oxygen atoms in total. The number of Topliss-reactive ketones (excluding diaryl/α,β-unsaturated/α-hetero) is 1. The van der Waals surface area contributed by atoms with Crippen LogP contribution < -0.4 is 4.74 Å². The average Bonchev–Trinajstić information content (AvgIpc) is 2.80. The van der Waals surface area contributed by atoms with Gasteiger partial charge in [0.25, 0.3) is 5.91 Å². The second-order valence-electron chi connectivity index (χ2n) is 5.23. The molecule has 1 aliphatic rings. The van der Waals surface area contributed by atoms with E-state index in [0.717, 1.165) is 4.90 Å². The van der Waals surface area contributed by atoms with Gasteiger partial charge in [0.05, 0.1) is 25.3 Å². The highest BCUT2D eigenvalue weighted by molar-refractivity contribution is 6.08. The van der Waals surface area contributed by atoms with Crippen LogP contribution in [0.1, 0.15) is 25.5 Å². The van der Waals surface area contributed by atoms with Gasteiger partial charge < -0.3 is 19.5 Å². The van der Waals surface area contributed by atoms with Crippen LogP contribution in [0.2, 0.25) is 0 Å². The molecule has 1 aliphatic heterocycles. The lowest BCUT2D eigenvalue weighted by atomic mass is 9.96. The summed E-state index contributed by atoms with van der Waals surface area (Å²) in [5, 5.41) is 10.0. The van der Waals surface area contributed by atoms with E-state index < -0.39 is 29.5 Å². The molecule has 1 heterocycles. The summed E-state index contributed by atoms with van der Waals surface area (Å²) >= 11 is 0. The van der Waals surface area contributed by atoms with Crippen LogP contribution in [0.4, 0.5) is 0 Å². The van der Waals surface area contributed by atoms with Gasteiger partial charge in [0, 0.05) is 0 Å². The monoisotopic (exact) mass is 333 g/mol. The number of hydrogen-bond donors (Lipinski definition) is 1. The van der Waals surface area contributed by atoms with E-state index in [1.807, 2.05) is 6.92 Å². The predicted molar refractivity (Wildman–Crippen MR) is 84.4 cm³/mol. The third-order valence-electron chi connectivity index (χ3n) is 3.72. The lowest BCUT2D eigenvalue weighted by Gasteiger charge is -2.25. The Balaban J connectivity index is 2.44. The number of carbonyl (C=O) groups excluding carboxylic acids is 3. The molecule has 1 N–H and O–H groups in total. The van der Waals surface area contributed by atoms with Crippen molar-refractivity contribution < 1.29 is 29.0 Å². The van der Waals surface area contributed by atoms with Crippen LogP contribution in [0, 0.1) is 0 Å². The average molecular weight is 333 g/mol. The number of hydrogen-bond acceptors (Lipinski definition) is 6. The van der Waals surface area contributed by atoms with Crippen molar-refractivity contribution >= 4 is 17.7 Å². The van der Waals surface area contributed by atoms with E-state index in [2.05, 4.69) is 4.74 Å². The second-order valence-corrected chi connectivity index (χ2v) is 5.23. The normalized spacial score (nSPS) is 17.2. The molecule has 0 saturated carbocycles. The summed E-state index contributed by atoms with van der Waals surface area (Å²) in [6, 6.07) is 5.94. The van der Waals surface area contributed by atoms with E-state index in [1.165, 1.54) is 14.0 Å². The molecule has 7 heteroatoms. The number of nitrogens with zero attached hydrogens (tertiary/aromatic N) is 1. The molecule has 0 bridgehead atoms. The minimum atomic E-state index is -0.843. The van der Waals surface area contributed by atoms with Crippen molar-refractivity contribution in [2.75, 3.05) is 20.3 Å². The zero-order valence-electron chi connectivity index (χ0n) is 13.7. The van der Waals surface area contributed by atoms with Gasteiger partial charge in [-0.15, -0.1) is 0 Å². The summed E-state index contributed by atoms with van der Waals surface area (Å²) in [7, 11) is 1.20. The smallest absolute Gasteiger partial charge is 0.325 e. The topological polar surface area (TPSA) is 93.1 Å². The van der Waals surface area contributed by atoms with Crippen molar-refractivity contribution in [3.63, 3.8) is 0 Å². The van der Waals surface area contributed by atoms with Gasteiger partial charge in [-0.05, 0) is 31.5 Å². The van der Waals surface area contributed by atoms with Crippen LogP contribution in [0.15, 0.2) is 35.6 Å². The molecule has 1 aromatic carbocycles. The summed E-state index contributed by atoms with van der Waals surface area (Å²) in [4.78, 5) is 36.9. The van der Waals surface area contributed by atoms with Gasteiger partial charge in [-0.2, -0.15) is 0 Å². The predicted octanol–water partition coefficient (Wildman–Crippen LogP) is 1.54. The van der Waals surface area contributed by atoms with Crippen molar-refractivity contribution in [3.05, 3.63) is 41.2 Å². The van der Waals surface area contributed by atoms with E-state index in [-0.39, 0.29) is 12.1 Å². The molecule has 24 heavy (non-hydrogen) atoms. The largest absolute Gasteiger partial charge is 0.503 e. The number of methoxy groups -OCH3 is 1. The Morgan fingerprint density at radius 2 is 1.88 bits per heavy atom. The van der Waals surface area contributed by atoms with Gasteiger partial charge in [0.15, 0.2) is 11.5 Å². The molecule has 1 aromatic rings. The van der Waals surface area contributed by atoms with Crippen molar-refractivity contribution in [1.82, 2.24) is 4.90 Å². The van der Waals surface area contributed by atoms with Crippen LogP contribution in [-0.4, -0.2) is 47.9 Å². The molecule has 0 aromatic heterocycles. The molecule has 0 spiro atoms. The van der Waals surface area contributed by atoms with Gasteiger partial charge in [-0.25, -0.2) is 0 Å². The van der Waals surface area contributed by atoms with Crippen LogP contribution in [-0.2, 0) is 19.1 Å². The Labute approximate surface area is 139 Å². The maximum Gasteiger partial charge on any atom is 0.325 e. The number of esters is 1. The van der Waals surface area contributed by atoms with Crippen LogP contribution >= 0.6 is 0 Å². The van der Waals surface area contributed by atoms with E-state index in [1.54, 1.807) is 24.3 Å². The molecular formula is C17H19NO6. The summed E-state index contributed by atoms with van der Waals surface area (Å²) in [5.41, 5.74) is 0.554. The summed E-state index contributed by atoms with van der Waals surface area (Å²) < 4.78 is 9.95. The molecule has 1 atom stereocenters. The summed E-state index contributed by atoms with van der Waals surface area (Å²) in [5.74, 6) is -1.85. The molecule has 0 radical (unpaired) electrons. The van der Waals surface area contributed by atoms with E-state index in [0.29, 0.717) is 17.9 Å². The van der Waals surface area contributed by atoms with Crippen LogP contribution in [0.25, 0.3) is 0 Å². The molecule has 0 aliphatic carbocycles. The summed E-state index contributed by atoms with van der Waals surface area (Å²) in [6.45, 7) is 3.27. The SMILES string of the molecule is CCOc1ccc([C@@H]2C(C(C)=O)=C(O)C(=O)N2CC(=O)OC)cc1. The van der Waals surface area contributed by atoms with E-state index in [9.17, 15) is 19.5 Å². The third kappa shape index (κ3) is 3.24. The highest BCUT2D eigenvalue weighted by atomic mass is 16.5. The molecule has 0 saturated heterocycles. The zero-order chi connectivity index (χ0) is 17.9. The number of ketones is 1. The minimum Gasteiger partial charge on any atom is -0.503 e. The first-order chi connectivity index (χ1) is 11.4. The Kier molecular flexibility index (Phi) is 5.23. The number of amides is 1. The maximum atomic E-state index is 12.3. The lowest BCUT2D eigenvalue weighted by molar-refractivity contribution is -0.146. The van der Waals surface area contributed by atoms with E-state index >= 15 is 0 Å². The molecule has 2 rings (SSSR count). The molecular weight excluding hydrogens is 314 g/mol. The lowest BCUT2D eigenvalue weighted by Crippen LogP contribution is -2.36. The maximum absolute atomic E-state index is 12.3. The number of rotatable bonds is 6. The Morgan fingerprint density at radius 1 is 1.25 bits per heavy atom. The first kappa shape index (κ1) is 17.5. The molecule has 1 amide bonds. The van der Waals surface area contributed by atoms with E-state index in [4.69, 9.17) is 4.74 Å². The van der Waals surface area contributed by atoms with Crippen LogP contribution in [0.5, 0.6) is 5.75 Å². The zero-order valence-corrected chi connectivity index (χ0v) is 13.7. The standard InChI is InChI=1S/C17H19NO6/c1-4-24-12-7-5-11(6-8-12)15-14(10(2)19)16(21)17(22)18(15)9-13(20)23-3/h5-8,15,21H,4,9H2,1-3H3/t15-/m1/s1. The third-order valence-corrected chi connectivity index (χ3v) is 3.72. The number of ether oxygens (including phenoxy) is 2. The van der Waals surface area contributed by atoms with Gasteiger partial charge in [0.2, 0.25) is 0 Å². The molecule has 128 valence electrons. The second kappa shape index (κ2) is 7.16. The first-order valence-corrected chi connectivity index (χ1v) is 7.45. The first-order valence-electron chi connectivity index (χ1n) is 7.45. The minimum absolute atomic E-state index is 0.0342. The van der Waals surface area contributed by atoms with Crippen molar-refractivity contribution in [1.29, 1.82) is 0 Å². The Hall–Kier alpha value is -2.83. The van der Waals surface area contributed by atoms with Crippen LogP contribution in [0.3, 0.4) is 0 Å². The summed E-state index contributed by atoms with van der Waals surface area (Å²) in [6.07, 6.45) is 0.